The number of hydrogen-bond donors (Lipinski definition) is 2. The van der Waals surface area contributed by atoms with Crippen LogP contribution in [0.5, 0.6) is 11.5 Å². The van der Waals surface area contributed by atoms with Crippen LogP contribution in [0.25, 0.3) is 0 Å². The van der Waals surface area contributed by atoms with Crippen LogP contribution in [-0.4, -0.2) is 10.2 Å². The van der Waals surface area contributed by atoms with E-state index in [1.807, 2.05) is 12.1 Å². The Morgan fingerprint density at radius 1 is 0.500 bits per heavy atom. The highest BCUT2D eigenvalue weighted by Gasteiger charge is 2.17. The molecule has 0 unspecified atom stereocenters. The molecule has 2 aromatic carbocycles. The Balaban J connectivity index is 1.74. The lowest BCUT2D eigenvalue weighted by atomic mass is 9.84. The van der Waals surface area contributed by atoms with E-state index in [2.05, 4.69) is 45.0 Å². The minimum absolute atomic E-state index is 0.309. The molecule has 36 heavy (non-hydrogen) atoms. The Morgan fingerprint density at radius 3 is 1.22 bits per heavy atom. The van der Waals surface area contributed by atoms with E-state index in [0.29, 0.717) is 17.4 Å². The molecule has 2 heteroatoms. The van der Waals surface area contributed by atoms with Crippen molar-refractivity contribution in [2.24, 2.45) is 0 Å². The second-order valence-electron chi connectivity index (χ2n) is 10.8. The van der Waals surface area contributed by atoms with Crippen LogP contribution in [0.2, 0.25) is 0 Å². The number of hydrogen-bond acceptors (Lipinski definition) is 2. The van der Waals surface area contributed by atoms with Crippen LogP contribution in [0.15, 0.2) is 36.4 Å². The lowest BCUT2D eigenvalue weighted by Gasteiger charge is -2.20. The maximum absolute atomic E-state index is 10.2. The van der Waals surface area contributed by atoms with Crippen LogP contribution in [0.3, 0.4) is 0 Å². The first-order valence-corrected chi connectivity index (χ1v) is 15.2. The number of aryl methyl sites for hydroxylation is 2. The van der Waals surface area contributed by atoms with Gasteiger partial charge in [-0.05, 0) is 53.6 Å². The van der Waals surface area contributed by atoms with E-state index in [1.54, 1.807) is 0 Å². The summed E-state index contributed by atoms with van der Waals surface area (Å²) in [7, 11) is 0. The van der Waals surface area contributed by atoms with E-state index in [1.165, 1.54) is 107 Å². The normalized spacial score (nSPS) is 11.4. The molecule has 2 nitrogen and oxygen atoms in total. The zero-order valence-electron chi connectivity index (χ0n) is 23.7. The van der Waals surface area contributed by atoms with E-state index < -0.39 is 0 Å². The van der Waals surface area contributed by atoms with Crippen LogP contribution >= 0.6 is 0 Å². The third-order valence-electron chi connectivity index (χ3n) is 7.87. The zero-order valence-corrected chi connectivity index (χ0v) is 23.7. The summed E-state index contributed by atoms with van der Waals surface area (Å²) in [6, 6.07) is 12.3. The second kappa shape index (κ2) is 18.3. The number of aromatic hydroxyl groups is 2. The van der Waals surface area contributed by atoms with E-state index in [0.717, 1.165) is 30.4 Å². The van der Waals surface area contributed by atoms with Crippen molar-refractivity contribution in [3.8, 4) is 11.5 Å². The Bertz CT molecular complexity index is 788. The van der Waals surface area contributed by atoms with Crippen molar-refractivity contribution in [3.63, 3.8) is 0 Å². The average molecular weight is 495 g/mol. The second-order valence-corrected chi connectivity index (χ2v) is 10.8. The average Bonchev–Trinajstić information content (AvgIpc) is 2.89. The molecule has 0 fully saturated rings. The smallest absolute Gasteiger partial charge is 0.118 e. The van der Waals surface area contributed by atoms with Gasteiger partial charge in [0.25, 0.3) is 0 Å². The van der Waals surface area contributed by atoms with Gasteiger partial charge in [0.1, 0.15) is 11.5 Å². The molecular weight excluding hydrogens is 440 g/mol. The SMILES string of the molecule is CCCCCCCCCCCCCCCCCC(c1ccc(O)c(CC)c1)c1ccc(O)c(CC)c1. The summed E-state index contributed by atoms with van der Waals surface area (Å²) in [5.74, 6) is 1.10. The summed E-state index contributed by atoms with van der Waals surface area (Å²) >= 11 is 0. The molecule has 0 atom stereocenters. The summed E-state index contributed by atoms with van der Waals surface area (Å²) in [4.78, 5) is 0. The Hall–Kier alpha value is -1.96. The van der Waals surface area contributed by atoms with Gasteiger partial charge in [-0.3, -0.25) is 0 Å². The van der Waals surface area contributed by atoms with Crippen molar-refractivity contribution in [1.29, 1.82) is 0 Å². The quantitative estimate of drug-likeness (QED) is 0.180. The van der Waals surface area contributed by atoms with E-state index in [9.17, 15) is 10.2 Å². The van der Waals surface area contributed by atoms with Gasteiger partial charge in [-0.25, -0.2) is 0 Å². The van der Waals surface area contributed by atoms with E-state index >= 15 is 0 Å². The topological polar surface area (TPSA) is 40.5 Å². The van der Waals surface area contributed by atoms with Gasteiger partial charge in [0.05, 0.1) is 0 Å². The first kappa shape index (κ1) is 30.3. The third-order valence-corrected chi connectivity index (χ3v) is 7.87. The Morgan fingerprint density at radius 2 is 0.861 bits per heavy atom. The minimum Gasteiger partial charge on any atom is -0.508 e. The van der Waals surface area contributed by atoms with Crippen LogP contribution in [0.4, 0.5) is 0 Å². The lowest BCUT2D eigenvalue weighted by molar-refractivity contribution is 0.468. The minimum atomic E-state index is 0.309. The van der Waals surface area contributed by atoms with E-state index in [4.69, 9.17) is 0 Å². The summed E-state index contributed by atoms with van der Waals surface area (Å²) in [6.45, 7) is 6.48. The van der Waals surface area contributed by atoms with Crippen molar-refractivity contribution in [1.82, 2.24) is 0 Å². The van der Waals surface area contributed by atoms with Gasteiger partial charge in [-0.2, -0.15) is 0 Å². The molecule has 0 bridgehead atoms. The molecule has 0 radical (unpaired) electrons. The maximum atomic E-state index is 10.2. The molecule has 0 aliphatic carbocycles. The van der Waals surface area contributed by atoms with Crippen molar-refractivity contribution in [2.75, 3.05) is 0 Å². The standard InChI is InChI=1S/C34H54O2/c1-4-7-8-9-10-11-12-13-14-15-16-17-18-19-20-21-32(30-22-24-33(35)28(5-2)26-30)31-23-25-34(36)29(6-3)27-31/h22-27,32,35-36H,4-21H2,1-3H3. The molecule has 0 aromatic heterocycles. The first-order valence-electron chi connectivity index (χ1n) is 15.2. The molecule has 0 saturated carbocycles. The van der Waals surface area contributed by atoms with Gasteiger partial charge in [0, 0.05) is 5.92 Å². The molecule has 2 N–H and O–H groups in total. The molecule has 0 spiro atoms. The summed E-state index contributed by atoms with van der Waals surface area (Å²) in [5.41, 5.74) is 4.59. The van der Waals surface area contributed by atoms with Crippen molar-refractivity contribution < 1.29 is 10.2 Å². The fourth-order valence-corrected chi connectivity index (χ4v) is 5.46. The van der Waals surface area contributed by atoms with Crippen molar-refractivity contribution >= 4 is 0 Å². The van der Waals surface area contributed by atoms with Gasteiger partial charge in [0.2, 0.25) is 0 Å². The monoisotopic (exact) mass is 494 g/mol. The molecule has 2 aromatic rings. The number of unbranched alkanes of at least 4 members (excludes halogenated alkanes) is 14. The first-order chi connectivity index (χ1) is 17.6. The van der Waals surface area contributed by atoms with Gasteiger partial charge in [-0.15, -0.1) is 0 Å². The van der Waals surface area contributed by atoms with Crippen molar-refractivity contribution in [2.45, 2.75) is 142 Å². The van der Waals surface area contributed by atoms with Gasteiger partial charge in [0.15, 0.2) is 0 Å². The van der Waals surface area contributed by atoms with Crippen molar-refractivity contribution in [3.05, 3.63) is 58.7 Å². The number of phenolic OH excluding ortho intramolecular Hbond substituents is 2. The summed E-state index contributed by atoms with van der Waals surface area (Å²) in [6.07, 6.45) is 23.5. The fourth-order valence-electron chi connectivity index (χ4n) is 5.46. The molecular formula is C34H54O2. The highest BCUT2D eigenvalue weighted by atomic mass is 16.3. The molecule has 0 aliphatic heterocycles. The van der Waals surface area contributed by atoms with Crippen LogP contribution < -0.4 is 0 Å². The van der Waals surface area contributed by atoms with Crippen LogP contribution in [0.1, 0.15) is 152 Å². The molecule has 0 saturated heterocycles. The predicted octanol–water partition coefficient (Wildman–Crippen LogP) is 10.6. The Kier molecular flexibility index (Phi) is 15.4. The number of rotatable bonds is 20. The zero-order chi connectivity index (χ0) is 26.0. The lowest BCUT2D eigenvalue weighted by Crippen LogP contribution is -2.03. The Labute approximate surface area is 222 Å². The fraction of sp³-hybridized carbons (Fsp3) is 0.647. The molecule has 0 amide bonds. The van der Waals surface area contributed by atoms with Gasteiger partial charge >= 0.3 is 0 Å². The molecule has 0 aliphatic rings. The van der Waals surface area contributed by atoms with Gasteiger partial charge in [-0.1, -0.05) is 141 Å². The highest BCUT2D eigenvalue weighted by molar-refractivity contribution is 5.44. The van der Waals surface area contributed by atoms with E-state index in [-0.39, 0.29) is 0 Å². The maximum Gasteiger partial charge on any atom is 0.118 e. The molecule has 202 valence electrons. The highest BCUT2D eigenvalue weighted by Crippen LogP contribution is 2.35. The summed E-state index contributed by atoms with van der Waals surface area (Å²) in [5, 5.41) is 20.4. The number of phenols is 2. The van der Waals surface area contributed by atoms with Crippen LogP contribution in [0, 0.1) is 0 Å². The summed E-state index contributed by atoms with van der Waals surface area (Å²) < 4.78 is 0. The largest absolute Gasteiger partial charge is 0.508 e. The van der Waals surface area contributed by atoms with Crippen LogP contribution in [-0.2, 0) is 12.8 Å². The molecule has 0 heterocycles. The predicted molar refractivity (Wildman–Crippen MR) is 156 cm³/mol. The molecule has 2 rings (SSSR count). The third kappa shape index (κ3) is 11.0. The van der Waals surface area contributed by atoms with Gasteiger partial charge < -0.3 is 10.2 Å². The number of benzene rings is 2.